The van der Waals surface area contributed by atoms with Crippen LogP contribution < -0.4 is 15.1 Å². The number of nitrogens with zero attached hydrogens (tertiary/aromatic N) is 3. The zero-order valence-corrected chi connectivity index (χ0v) is 19.2. The Bertz CT molecular complexity index is 1100. The van der Waals surface area contributed by atoms with Gasteiger partial charge in [0.2, 0.25) is 11.8 Å². The number of nitrogens with one attached hydrogen (secondary N) is 1. The topological polar surface area (TPSA) is 73.0 Å². The molecular formula is C25H27ClN4O3. The largest absolute Gasteiger partial charge is 0.358 e. The van der Waals surface area contributed by atoms with E-state index in [4.69, 9.17) is 11.6 Å². The lowest BCUT2D eigenvalue weighted by atomic mass is 9.95. The van der Waals surface area contributed by atoms with Crippen LogP contribution in [0.3, 0.4) is 0 Å². The first-order valence-electron chi connectivity index (χ1n) is 11.6. The maximum absolute atomic E-state index is 13.5. The normalized spacial score (nSPS) is 19.8. The van der Waals surface area contributed by atoms with Crippen molar-refractivity contribution in [3.05, 3.63) is 53.1 Å². The number of amides is 3. The molecule has 0 aliphatic carbocycles. The molecule has 0 aromatic heterocycles. The third-order valence-electron chi connectivity index (χ3n) is 6.68. The van der Waals surface area contributed by atoms with Crippen molar-refractivity contribution in [1.29, 1.82) is 0 Å². The van der Waals surface area contributed by atoms with Gasteiger partial charge in [0, 0.05) is 35.9 Å². The molecule has 2 aromatic rings. The van der Waals surface area contributed by atoms with Crippen molar-refractivity contribution in [1.82, 2.24) is 4.90 Å². The highest BCUT2D eigenvalue weighted by atomic mass is 35.5. The first-order valence-corrected chi connectivity index (χ1v) is 12.0. The van der Waals surface area contributed by atoms with E-state index in [0.717, 1.165) is 57.4 Å². The summed E-state index contributed by atoms with van der Waals surface area (Å²) in [6.07, 6.45) is 4.79. The second-order valence-corrected chi connectivity index (χ2v) is 9.33. The summed E-state index contributed by atoms with van der Waals surface area (Å²) in [5, 5.41) is 3.35. The van der Waals surface area contributed by atoms with Crippen LogP contribution in [0.5, 0.6) is 0 Å². The van der Waals surface area contributed by atoms with Gasteiger partial charge in [-0.1, -0.05) is 17.7 Å². The third kappa shape index (κ3) is 4.29. The molecule has 1 N–H and O–H groups in total. The van der Waals surface area contributed by atoms with Crippen molar-refractivity contribution in [3.8, 4) is 0 Å². The van der Waals surface area contributed by atoms with Crippen LogP contribution >= 0.6 is 11.6 Å². The molecule has 3 aliphatic rings. The van der Waals surface area contributed by atoms with Crippen LogP contribution in [0.2, 0.25) is 5.02 Å². The van der Waals surface area contributed by atoms with Crippen LogP contribution in [0.4, 0.5) is 17.1 Å². The van der Waals surface area contributed by atoms with Gasteiger partial charge in [0.1, 0.15) is 12.6 Å². The Kier molecular flexibility index (Phi) is 5.98. The van der Waals surface area contributed by atoms with E-state index in [9.17, 15) is 14.4 Å². The van der Waals surface area contributed by atoms with Gasteiger partial charge in [0.05, 0.1) is 11.4 Å². The van der Waals surface area contributed by atoms with Gasteiger partial charge in [-0.15, -0.1) is 0 Å². The van der Waals surface area contributed by atoms with Crippen molar-refractivity contribution in [2.24, 2.45) is 0 Å². The molecule has 2 saturated heterocycles. The fourth-order valence-electron chi connectivity index (χ4n) is 5.07. The lowest BCUT2D eigenvalue weighted by Crippen LogP contribution is -2.56. The van der Waals surface area contributed by atoms with Gasteiger partial charge in [-0.25, -0.2) is 0 Å². The van der Waals surface area contributed by atoms with Crippen molar-refractivity contribution >= 4 is 46.4 Å². The first-order chi connectivity index (χ1) is 16.0. The van der Waals surface area contributed by atoms with Crippen LogP contribution in [0.15, 0.2) is 42.5 Å². The van der Waals surface area contributed by atoms with Crippen LogP contribution in [0.1, 0.15) is 42.5 Å². The summed E-state index contributed by atoms with van der Waals surface area (Å²) in [7, 11) is 0. The minimum atomic E-state index is -0.308. The number of rotatable bonds is 4. The lowest BCUT2D eigenvalue weighted by Gasteiger charge is -2.45. The number of benzene rings is 2. The Balaban J connectivity index is 1.46. The van der Waals surface area contributed by atoms with E-state index < -0.39 is 0 Å². The molecule has 1 atom stereocenters. The molecule has 0 saturated carbocycles. The van der Waals surface area contributed by atoms with Crippen LogP contribution in [-0.2, 0) is 9.59 Å². The summed E-state index contributed by atoms with van der Waals surface area (Å²) in [6, 6.07) is 12.2. The molecule has 2 fully saturated rings. The fourth-order valence-corrected chi connectivity index (χ4v) is 5.26. The first kappa shape index (κ1) is 21.8. The third-order valence-corrected chi connectivity index (χ3v) is 6.91. The molecule has 7 nitrogen and oxygen atoms in total. The van der Waals surface area contributed by atoms with E-state index in [1.54, 1.807) is 35.2 Å². The van der Waals surface area contributed by atoms with E-state index in [1.165, 1.54) is 0 Å². The number of anilines is 3. The lowest BCUT2D eigenvalue weighted by molar-refractivity contribution is -0.123. The van der Waals surface area contributed by atoms with Gasteiger partial charge < -0.3 is 15.1 Å². The number of carbonyl (C=O) groups excluding carboxylic acids is 3. The number of piperidine rings is 1. The number of hydrogen-bond donors (Lipinski definition) is 1. The van der Waals surface area contributed by atoms with E-state index in [-0.39, 0.29) is 30.3 Å². The zero-order valence-electron chi connectivity index (χ0n) is 18.4. The van der Waals surface area contributed by atoms with Crippen LogP contribution in [-0.4, -0.2) is 54.8 Å². The summed E-state index contributed by atoms with van der Waals surface area (Å²) in [5.41, 5.74) is 2.67. The smallest absolute Gasteiger partial charge is 0.253 e. The number of halogens is 1. The minimum absolute atomic E-state index is 0.0214. The van der Waals surface area contributed by atoms with E-state index in [0.29, 0.717) is 22.0 Å². The molecule has 0 bridgehead atoms. The quantitative estimate of drug-likeness (QED) is 0.741. The molecule has 0 spiro atoms. The van der Waals surface area contributed by atoms with Crippen molar-refractivity contribution in [2.45, 2.75) is 38.1 Å². The van der Waals surface area contributed by atoms with Crippen LogP contribution in [0, 0.1) is 0 Å². The molecule has 33 heavy (non-hydrogen) atoms. The summed E-state index contributed by atoms with van der Waals surface area (Å²) >= 11 is 6.03. The number of fused-ring (bicyclic) bond motifs is 3. The molecule has 3 heterocycles. The second kappa shape index (κ2) is 9.06. The Morgan fingerprint density at radius 1 is 0.970 bits per heavy atom. The van der Waals surface area contributed by atoms with Crippen molar-refractivity contribution in [2.75, 3.05) is 41.3 Å². The second-order valence-electron chi connectivity index (χ2n) is 8.89. The number of hydrogen-bond acceptors (Lipinski definition) is 4. The SMILES string of the molecule is O=C(CN1C(=O)C2CCCCN2c2ccc(C(=O)N3CCCC3)cc21)Nc1cccc(Cl)c1. The Hall–Kier alpha value is -3.06. The predicted octanol–water partition coefficient (Wildman–Crippen LogP) is 3.92. The van der Waals surface area contributed by atoms with Crippen molar-refractivity contribution < 1.29 is 14.4 Å². The summed E-state index contributed by atoms with van der Waals surface area (Å²) < 4.78 is 0. The standard InChI is InChI=1S/C25H27ClN4O3/c26-18-6-5-7-19(15-18)27-23(31)16-30-22-14-17(24(32)28-11-3-4-12-28)9-10-20(22)29-13-2-1-8-21(29)25(30)33/h5-7,9-10,14-15,21H,1-4,8,11-13,16H2,(H,27,31). The van der Waals surface area contributed by atoms with Crippen LogP contribution in [0.25, 0.3) is 0 Å². The number of carbonyl (C=O) groups is 3. The molecule has 2 aromatic carbocycles. The average Bonchev–Trinajstić information content (AvgIpc) is 3.36. The molecule has 3 amide bonds. The van der Waals surface area contributed by atoms with Crippen molar-refractivity contribution in [3.63, 3.8) is 0 Å². The Morgan fingerprint density at radius 2 is 1.76 bits per heavy atom. The average molecular weight is 467 g/mol. The van der Waals surface area contributed by atoms with Gasteiger partial charge in [-0.05, 0) is 68.5 Å². The minimum Gasteiger partial charge on any atom is -0.358 e. The molecule has 3 aliphatic heterocycles. The molecule has 8 heteroatoms. The summed E-state index contributed by atoms with van der Waals surface area (Å²) in [6.45, 7) is 2.19. The fraction of sp³-hybridized carbons (Fsp3) is 0.400. The molecular weight excluding hydrogens is 440 g/mol. The molecule has 0 radical (unpaired) electrons. The Morgan fingerprint density at radius 3 is 2.55 bits per heavy atom. The molecule has 1 unspecified atom stereocenters. The molecule has 172 valence electrons. The monoisotopic (exact) mass is 466 g/mol. The Labute approximate surface area is 198 Å². The maximum atomic E-state index is 13.5. The van der Waals surface area contributed by atoms with Gasteiger partial charge >= 0.3 is 0 Å². The van der Waals surface area contributed by atoms with Gasteiger partial charge in [-0.3, -0.25) is 19.3 Å². The van der Waals surface area contributed by atoms with Gasteiger partial charge in [0.25, 0.3) is 5.91 Å². The highest BCUT2D eigenvalue weighted by Crippen LogP contribution is 2.40. The van der Waals surface area contributed by atoms with E-state index in [2.05, 4.69) is 10.2 Å². The highest BCUT2D eigenvalue weighted by molar-refractivity contribution is 6.30. The van der Waals surface area contributed by atoms with E-state index in [1.807, 2.05) is 17.0 Å². The van der Waals surface area contributed by atoms with E-state index >= 15 is 0 Å². The predicted molar refractivity (Wildman–Crippen MR) is 129 cm³/mol. The highest BCUT2D eigenvalue weighted by Gasteiger charge is 2.40. The van der Waals surface area contributed by atoms with Gasteiger partial charge in [-0.2, -0.15) is 0 Å². The molecule has 5 rings (SSSR count). The number of likely N-dealkylation sites (tertiary alicyclic amines) is 1. The van der Waals surface area contributed by atoms with Gasteiger partial charge in [0.15, 0.2) is 0 Å². The summed E-state index contributed by atoms with van der Waals surface area (Å²) in [5.74, 6) is -0.418. The zero-order chi connectivity index (χ0) is 22.9. The summed E-state index contributed by atoms with van der Waals surface area (Å²) in [4.78, 5) is 44.9. The maximum Gasteiger partial charge on any atom is 0.253 e.